The van der Waals surface area contributed by atoms with E-state index in [1.165, 1.54) is 17.6 Å². The molecule has 3 aromatic heterocycles. The van der Waals surface area contributed by atoms with E-state index < -0.39 is 0 Å². The van der Waals surface area contributed by atoms with Crippen molar-refractivity contribution in [1.29, 1.82) is 0 Å². The first-order valence-corrected chi connectivity index (χ1v) is 9.42. The van der Waals surface area contributed by atoms with Gasteiger partial charge in [-0.25, -0.2) is 4.98 Å². The summed E-state index contributed by atoms with van der Waals surface area (Å²) in [4.78, 5) is 33.2. The molecule has 0 bridgehead atoms. The largest absolute Gasteiger partial charge is 0.459 e. The number of carbonyl (C=O) groups is 2. The summed E-state index contributed by atoms with van der Waals surface area (Å²) in [7, 11) is 0. The number of hydrogen-bond donors (Lipinski definition) is 2. The third-order valence-electron chi connectivity index (χ3n) is 4.00. The van der Waals surface area contributed by atoms with Gasteiger partial charge >= 0.3 is 0 Å². The second-order valence-electron chi connectivity index (χ2n) is 6.13. The number of benzene rings is 1. The van der Waals surface area contributed by atoms with Crippen LogP contribution in [0.2, 0.25) is 0 Å². The Kier molecular flexibility index (Phi) is 4.86. The normalized spacial score (nSPS) is 10.8. The molecule has 2 N–H and O–H groups in total. The average molecular weight is 392 g/mol. The van der Waals surface area contributed by atoms with Crippen molar-refractivity contribution in [3.8, 4) is 0 Å². The Morgan fingerprint density at radius 3 is 2.79 bits per heavy atom. The van der Waals surface area contributed by atoms with Crippen LogP contribution in [0.1, 0.15) is 21.9 Å². The van der Waals surface area contributed by atoms with Gasteiger partial charge in [-0.05, 0) is 43.3 Å². The van der Waals surface area contributed by atoms with Crippen LogP contribution in [0, 0.1) is 6.92 Å². The molecule has 0 atom stereocenters. The molecule has 0 radical (unpaired) electrons. The number of furan rings is 1. The summed E-state index contributed by atoms with van der Waals surface area (Å²) in [6, 6.07) is 12.7. The van der Waals surface area contributed by atoms with Crippen molar-refractivity contribution in [3.05, 3.63) is 71.3 Å². The lowest BCUT2D eigenvalue weighted by Crippen LogP contribution is -2.15. The van der Waals surface area contributed by atoms with Gasteiger partial charge in [0, 0.05) is 16.5 Å². The van der Waals surface area contributed by atoms with Crippen molar-refractivity contribution in [2.45, 2.75) is 13.3 Å². The van der Waals surface area contributed by atoms with Gasteiger partial charge in [0.05, 0.1) is 29.6 Å². The number of hydrogen-bond acceptors (Lipinski definition) is 6. The lowest BCUT2D eigenvalue weighted by Gasteiger charge is -2.08. The molecule has 8 heteroatoms. The Balaban J connectivity index is 1.42. The zero-order valence-electron chi connectivity index (χ0n) is 14.9. The van der Waals surface area contributed by atoms with Crippen LogP contribution in [-0.2, 0) is 11.2 Å². The van der Waals surface area contributed by atoms with Gasteiger partial charge in [-0.3, -0.25) is 19.9 Å². The number of nitrogens with zero attached hydrogens (tertiary/aromatic N) is 2. The second-order valence-corrected chi connectivity index (χ2v) is 6.98. The predicted molar refractivity (Wildman–Crippen MR) is 108 cm³/mol. The van der Waals surface area contributed by atoms with Crippen LogP contribution in [0.4, 0.5) is 10.8 Å². The summed E-state index contributed by atoms with van der Waals surface area (Å²) in [5.74, 6) is -0.370. The van der Waals surface area contributed by atoms with Crippen LogP contribution in [0.25, 0.3) is 10.9 Å². The standard InChI is InChI=1S/C20H16N4O3S/c1-12-7-8-14-15(21-12)4-2-5-16(14)23-18(25)10-13-11-28-20(22-13)24-19(26)17-6-3-9-27-17/h2-9,11H,10H2,1H3,(H,23,25)(H,22,24,26). The van der Waals surface area contributed by atoms with E-state index in [9.17, 15) is 9.59 Å². The van der Waals surface area contributed by atoms with Crippen molar-refractivity contribution in [3.63, 3.8) is 0 Å². The minimum Gasteiger partial charge on any atom is -0.459 e. The Morgan fingerprint density at radius 2 is 1.96 bits per heavy atom. The fraction of sp³-hybridized carbons (Fsp3) is 0.100. The lowest BCUT2D eigenvalue weighted by atomic mass is 10.1. The van der Waals surface area contributed by atoms with E-state index in [1.54, 1.807) is 17.5 Å². The Labute approximate surface area is 164 Å². The molecule has 0 spiro atoms. The molecule has 7 nitrogen and oxygen atoms in total. The molecule has 0 aliphatic rings. The minimum atomic E-state index is -0.381. The van der Waals surface area contributed by atoms with E-state index in [0.717, 1.165) is 16.6 Å². The van der Waals surface area contributed by atoms with Crippen molar-refractivity contribution < 1.29 is 14.0 Å². The SMILES string of the molecule is Cc1ccc2c(NC(=O)Cc3csc(NC(=O)c4ccco4)n3)cccc2n1. The van der Waals surface area contributed by atoms with E-state index in [0.29, 0.717) is 16.5 Å². The topological polar surface area (TPSA) is 97.1 Å². The Hall–Kier alpha value is -3.52. The van der Waals surface area contributed by atoms with Gasteiger partial charge in [-0.1, -0.05) is 6.07 Å². The average Bonchev–Trinajstić information content (AvgIpc) is 3.34. The summed E-state index contributed by atoms with van der Waals surface area (Å²) < 4.78 is 5.04. The summed E-state index contributed by atoms with van der Waals surface area (Å²) in [5, 5.41) is 8.59. The van der Waals surface area contributed by atoms with Crippen LogP contribution < -0.4 is 10.6 Å². The molecule has 0 saturated heterocycles. The van der Waals surface area contributed by atoms with Crippen LogP contribution in [0.5, 0.6) is 0 Å². The van der Waals surface area contributed by atoms with Gasteiger partial charge in [-0.2, -0.15) is 0 Å². The highest BCUT2D eigenvalue weighted by atomic mass is 32.1. The van der Waals surface area contributed by atoms with Crippen LogP contribution in [0.15, 0.2) is 58.5 Å². The van der Waals surface area contributed by atoms with Crippen LogP contribution >= 0.6 is 11.3 Å². The smallest absolute Gasteiger partial charge is 0.293 e. The second kappa shape index (κ2) is 7.61. The molecule has 0 fully saturated rings. The Bertz CT molecular complexity index is 1150. The monoisotopic (exact) mass is 392 g/mol. The maximum absolute atomic E-state index is 12.4. The van der Waals surface area contributed by atoms with Crippen molar-refractivity contribution in [2.24, 2.45) is 0 Å². The zero-order valence-corrected chi connectivity index (χ0v) is 15.7. The van der Waals surface area contributed by atoms with Crippen LogP contribution in [-0.4, -0.2) is 21.8 Å². The predicted octanol–water partition coefficient (Wildman–Crippen LogP) is 4.03. The Morgan fingerprint density at radius 1 is 1.07 bits per heavy atom. The highest BCUT2D eigenvalue weighted by molar-refractivity contribution is 7.14. The number of carbonyl (C=O) groups excluding carboxylic acids is 2. The number of amides is 2. The molecule has 0 aliphatic carbocycles. The molecule has 0 saturated carbocycles. The fourth-order valence-corrected chi connectivity index (χ4v) is 3.44. The molecule has 3 heterocycles. The molecule has 0 aliphatic heterocycles. The molecular formula is C20H16N4O3S. The number of anilines is 2. The maximum atomic E-state index is 12.4. The number of pyridine rings is 1. The molecular weight excluding hydrogens is 376 g/mol. The van der Waals surface area contributed by atoms with E-state index in [4.69, 9.17) is 4.42 Å². The van der Waals surface area contributed by atoms with Crippen LogP contribution in [0.3, 0.4) is 0 Å². The highest BCUT2D eigenvalue weighted by Gasteiger charge is 2.13. The third kappa shape index (κ3) is 3.91. The fourth-order valence-electron chi connectivity index (χ4n) is 2.74. The number of fused-ring (bicyclic) bond motifs is 1. The zero-order chi connectivity index (χ0) is 19.5. The molecule has 1 aromatic carbocycles. The molecule has 2 amide bonds. The summed E-state index contributed by atoms with van der Waals surface area (Å²) in [5.41, 5.74) is 3.03. The quantitative estimate of drug-likeness (QED) is 0.534. The molecule has 4 aromatic rings. The molecule has 140 valence electrons. The van der Waals surface area contributed by atoms with Gasteiger partial charge < -0.3 is 9.73 Å². The van der Waals surface area contributed by atoms with Gasteiger partial charge in [-0.15, -0.1) is 11.3 Å². The van der Waals surface area contributed by atoms with E-state index >= 15 is 0 Å². The third-order valence-corrected chi connectivity index (χ3v) is 4.81. The van der Waals surface area contributed by atoms with Crippen molar-refractivity contribution in [1.82, 2.24) is 9.97 Å². The van der Waals surface area contributed by atoms with E-state index in [2.05, 4.69) is 20.6 Å². The summed E-state index contributed by atoms with van der Waals surface area (Å²) in [6.45, 7) is 1.93. The van der Waals surface area contributed by atoms with Gasteiger partial charge in [0.1, 0.15) is 0 Å². The number of aromatic nitrogens is 2. The highest BCUT2D eigenvalue weighted by Crippen LogP contribution is 2.23. The van der Waals surface area contributed by atoms with Gasteiger partial charge in [0.25, 0.3) is 5.91 Å². The maximum Gasteiger partial charge on any atom is 0.293 e. The molecule has 0 unspecified atom stereocenters. The number of thiazole rings is 1. The lowest BCUT2D eigenvalue weighted by molar-refractivity contribution is -0.115. The van der Waals surface area contributed by atoms with Crippen molar-refractivity contribution >= 4 is 44.9 Å². The van der Waals surface area contributed by atoms with Crippen molar-refractivity contribution in [2.75, 3.05) is 10.6 Å². The molecule has 4 rings (SSSR count). The number of aryl methyl sites for hydroxylation is 1. The number of rotatable bonds is 5. The van der Waals surface area contributed by atoms with E-state index in [-0.39, 0.29) is 24.0 Å². The van der Waals surface area contributed by atoms with Gasteiger partial charge in [0.15, 0.2) is 10.9 Å². The summed E-state index contributed by atoms with van der Waals surface area (Å²) >= 11 is 1.25. The summed E-state index contributed by atoms with van der Waals surface area (Å²) in [6.07, 6.45) is 1.53. The molecule has 28 heavy (non-hydrogen) atoms. The van der Waals surface area contributed by atoms with Gasteiger partial charge in [0.2, 0.25) is 5.91 Å². The first-order chi connectivity index (χ1) is 13.6. The first-order valence-electron chi connectivity index (χ1n) is 8.54. The first kappa shape index (κ1) is 17.9. The van der Waals surface area contributed by atoms with E-state index in [1.807, 2.05) is 37.3 Å². The minimum absolute atomic E-state index is 0.100. The number of nitrogens with one attached hydrogen (secondary N) is 2.